The first kappa shape index (κ1) is 13.2. The standard InChI is InChI=1S/C13H24N2O/c1-4-6-12(10-16)9-13-7-8-15(14-13)11(3)5-2/h7-8,11-12,16H,4-6,9-10H2,1-3H3. The summed E-state index contributed by atoms with van der Waals surface area (Å²) >= 11 is 0. The minimum Gasteiger partial charge on any atom is -0.396 e. The molecule has 1 aromatic heterocycles. The lowest BCUT2D eigenvalue weighted by Gasteiger charge is -2.11. The minimum atomic E-state index is 0.268. The van der Waals surface area contributed by atoms with Crippen LogP contribution in [0.4, 0.5) is 0 Å². The molecular formula is C13H24N2O. The van der Waals surface area contributed by atoms with E-state index in [1.54, 1.807) is 0 Å². The monoisotopic (exact) mass is 224 g/mol. The van der Waals surface area contributed by atoms with Crippen LogP contribution < -0.4 is 0 Å². The highest BCUT2D eigenvalue weighted by Crippen LogP contribution is 2.14. The van der Waals surface area contributed by atoms with Crippen molar-refractivity contribution in [2.24, 2.45) is 5.92 Å². The van der Waals surface area contributed by atoms with Gasteiger partial charge in [-0.05, 0) is 38.2 Å². The smallest absolute Gasteiger partial charge is 0.0628 e. The number of aliphatic hydroxyl groups excluding tert-OH is 1. The molecule has 0 amide bonds. The molecule has 1 N–H and O–H groups in total. The first-order valence-corrected chi connectivity index (χ1v) is 6.36. The Balaban J connectivity index is 2.56. The van der Waals surface area contributed by atoms with Gasteiger partial charge >= 0.3 is 0 Å². The fourth-order valence-electron chi connectivity index (χ4n) is 1.88. The third-order valence-corrected chi connectivity index (χ3v) is 3.16. The normalized spacial score (nSPS) is 15.0. The summed E-state index contributed by atoms with van der Waals surface area (Å²) in [6.45, 7) is 6.76. The zero-order valence-corrected chi connectivity index (χ0v) is 10.7. The van der Waals surface area contributed by atoms with Gasteiger partial charge in [0.2, 0.25) is 0 Å². The lowest BCUT2D eigenvalue weighted by atomic mass is 9.99. The Morgan fingerprint density at radius 3 is 2.75 bits per heavy atom. The van der Waals surface area contributed by atoms with Crippen LogP contribution in [-0.2, 0) is 6.42 Å². The van der Waals surface area contributed by atoms with Crippen molar-refractivity contribution in [3.05, 3.63) is 18.0 Å². The maximum atomic E-state index is 9.25. The van der Waals surface area contributed by atoms with Gasteiger partial charge in [0, 0.05) is 18.8 Å². The number of nitrogens with zero attached hydrogens (tertiary/aromatic N) is 2. The fraction of sp³-hybridized carbons (Fsp3) is 0.769. The lowest BCUT2D eigenvalue weighted by molar-refractivity contribution is 0.216. The van der Waals surface area contributed by atoms with E-state index in [1.807, 2.05) is 10.9 Å². The molecule has 16 heavy (non-hydrogen) atoms. The summed E-state index contributed by atoms with van der Waals surface area (Å²) in [6.07, 6.45) is 6.24. The van der Waals surface area contributed by atoms with E-state index in [9.17, 15) is 5.11 Å². The number of hydrogen-bond acceptors (Lipinski definition) is 2. The molecule has 0 bridgehead atoms. The summed E-state index contributed by atoms with van der Waals surface area (Å²) in [6, 6.07) is 2.54. The van der Waals surface area contributed by atoms with E-state index in [1.165, 1.54) is 0 Å². The Kier molecular flexibility index (Phi) is 5.53. The van der Waals surface area contributed by atoms with Crippen molar-refractivity contribution in [1.82, 2.24) is 9.78 Å². The largest absolute Gasteiger partial charge is 0.396 e. The first-order valence-electron chi connectivity index (χ1n) is 6.36. The molecule has 0 aliphatic carbocycles. The van der Waals surface area contributed by atoms with Crippen molar-refractivity contribution >= 4 is 0 Å². The Morgan fingerprint density at radius 2 is 2.19 bits per heavy atom. The second-order valence-corrected chi connectivity index (χ2v) is 4.59. The minimum absolute atomic E-state index is 0.268. The van der Waals surface area contributed by atoms with Crippen LogP contribution in [0.3, 0.4) is 0 Å². The molecule has 0 fully saturated rings. The maximum Gasteiger partial charge on any atom is 0.0628 e. The molecule has 0 aliphatic rings. The van der Waals surface area contributed by atoms with Crippen LogP contribution >= 0.6 is 0 Å². The maximum absolute atomic E-state index is 9.25. The van der Waals surface area contributed by atoms with Crippen molar-refractivity contribution in [3.63, 3.8) is 0 Å². The van der Waals surface area contributed by atoms with E-state index >= 15 is 0 Å². The molecule has 1 heterocycles. The molecule has 0 saturated heterocycles. The van der Waals surface area contributed by atoms with Crippen LogP contribution in [0.1, 0.15) is 51.8 Å². The molecule has 0 spiro atoms. The Hall–Kier alpha value is -0.830. The van der Waals surface area contributed by atoms with Gasteiger partial charge in [-0.15, -0.1) is 0 Å². The molecule has 0 aromatic carbocycles. The summed E-state index contributed by atoms with van der Waals surface area (Å²) < 4.78 is 2.02. The van der Waals surface area contributed by atoms with Gasteiger partial charge in [0.1, 0.15) is 0 Å². The number of hydrogen-bond donors (Lipinski definition) is 1. The van der Waals surface area contributed by atoms with Crippen LogP contribution in [-0.4, -0.2) is 21.5 Å². The number of aromatic nitrogens is 2. The predicted molar refractivity (Wildman–Crippen MR) is 66.4 cm³/mol. The van der Waals surface area contributed by atoms with E-state index in [-0.39, 0.29) is 6.61 Å². The zero-order valence-electron chi connectivity index (χ0n) is 10.7. The lowest BCUT2D eigenvalue weighted by Crippen LogP contribution is -2.11. The Bertz CT molecular complexity index is 296. The predicted octanol–water partition coefficient (Wildman–Crippen LogP) is 2.81. The summed E-state index contributed by atoms with van der Waals surface area (Å²) in [5.41, 5.74) is 1.10. The molecular weight excluding hydrogens is 200 g/mol. The average Bonchev–Trinajstić information content (AvgIpc) is 2.76. The van der Waals surface area contributed by atoms with Crippen LogP contribution in [0.15, 0.2) is 12.3 Å². The van der Waals surface area contributed by atoms with Crippen LogP contribution in [0.2, 0.25) is 0 Å². The molecule has 3 nitrogen and oxygen atoms in total. The molecule has 2 unspecified atom stereocenters. The number of aliphatic hydroxyl groups is 1. The van der Waals surface area contributed by atoms with Crippen molar-refractivity contribution in [2.45, 2.75) is 52.5 Å². The number of rotatable bonds is 7. The van der Waals surface area contributed by atoms with E-state index in [0.717, 1.165) is 31.4 Å². The molecule has 92 valence electrons. The topological polar surface area (TPSA) is 38.0 Å². The molecule has 3 heteroatoms. The average molecular weight is 224 g/mol. The van der Waals surface area contributed by atoms with Gasteiger partial charge in [-0.25, -0.2) is 0 Å². The van der Waals surface area contributed by atoms with Crippen molar-refractivity contribution in [2.75, 3.05) is 6.61 Å². The van der Waals surface area contributed by atoms with Crippen molar-refractivity contribution < 1.29 is 5.11 Å². The van der Waals surface area contributed by atoms with Crippen molar-refractivity contribution in [3.8, 4) is 0 Å². The highest BCUT2D eigenvalue weighted by Gasteiger charge is 2.10. The third kappa shape index (κ3) is 3.63. The van der Waals surface area contributed by atoms with Gasteiger partial charge in [0.25, 0.3) is 0 Å². The van der Waals surface area contributed by atoms with Gasteiger partial charge in [-0.2, -0.15) is 5.10 Å². The molecule has 0 saturated carbocycles. The second-order valence-electron chi connectivity index (χ2n) is 4.59. The van der Waals surface area contributed by atoms with Crippen molar-refractivity contribution in [1.29, 1.82) is 0 Å². The molecule has 0 radical (unpaired) electrons. The SMILES string of the molecule is CCCC(CO)Cc1ccn(C(C)CC)n1. The molecule has 0 aliphatic heterocycles. The Labute approximate surface area is 98.5 Å². The zero-order chi connectivity index (χ0) is 12.0. The summed E-state index contributed by atoms with van der Waals surface area (Å²) in [4.78, 5) is 0. The summed E-state index contributed by atoms with van der Waals surface area (Å²) in [7, 11) is 0. The Morgan fingerprint density at radius 1 is 1.44 bits per heavy atom. The molecule has 1 rings (SSSR count). The van der Waals surface area contributed by atoms with E-state index in [4.69, 9.17) is 0 Å². The summed E-state index contributed by atoms with van der Waals surface area (Å²) in [5, 5.41) is 13.8. The van der Waals surface area contributed by atoms with Crippen LogP contribution in [0.5, 0.6) is 0 Å². The summed E-state index contributed by atoms with van der Waals surface area (Å²) in [5.74, 6) is 0.366. The fourth-order valence-corrected chi connectivity index (χ4v) is 1.88. The van der Waals surface area contributed by atoms with Gasteiger partial charge in [-0.1, -0.05) is 20.3 Å². The third-order valence-electron chi connectivity index (χ3n) is 3.16. The van der Waals surface area contributed by atoms with Crippen LogP contribution in [0, 0.1) is 5.92 Å². The second kappa shape index (κ2) is 6.69. The van der Waals surface area contributed by atoms with Crippen LogP contribution in [0.25, 0.3) is 0 Å². The van der Waals surface area contributed by atoms with Gasteiger partial charge in [0.05, 0.1) is 5.69 Å². The van der Waals surface area contributed by atoms with Gasteiger partial charge in [-0.3, -0.25) is 4.68 Å². The highest BCUT2D eigenvalue weighted by atomic mass is 16.3. The van der Waals surface area contributed by atoms with Gasteiger partial charge < -0.3 is 5.11 Å². The van der Waals surface area contributed by atoms with E-state index in [2.05, 4.69) is 31.9 Å². The first-order chi connectivity index (χ1) is 7.71. The molecule has 1 aromatic rings. The van der Waals surface area contributed by atoms with E-state index < -0.39 is 0 Å². The quantitative estimate of drug-likeness (QED) is 0.773. The van der Waals surface area contributed by atoms with E-state index in [0.29, 0.717) is 12.0 Å². The molecule has 2 atom stereocenters. The highest BCUT2D eigenvalue weighted by molar-refractivity contribution is 5.01. The van der Waals surface area contributed by atoms with Gasteiger partial charge in [0.15, 0.2) is 0 Å².